The number of hydrogen-bond acceptors (Lipinski definition) is 2. The molecule has 0 spiro atoms. The number of fused-ring (bicyclic) bond motifs is 1. The Morgan fingerprint density at radius 3 is 2.79 bits per heavy atom. The number of allylic oxidation sites excluding steroid dienone is 1. The number of β-lactam (4-membered cyclic amide) rings is 1. The molecular formula is C19H21INO2P. The number of carbonyl (C=O) groups is 1. The van der Waals surface area contributed by atoms with E-state index in [0.29, 0.717) is 18.2 Å². The number of carbonyl (C=O) groups excluding carboxylic acids is 1. The highest BCUT2D eigenvalue weighted by Crippen LogP contribution is 2.47. The molecule has 2 aliphatic rings. The molecule has 0 saturated carbocycles. The third kappa shape index (κ3) is 2.97. The van der Waals surface area contributed by atoms with Gasteiger partial charge in [0, 0.05) is 17.2 Å². The minimum absolute atomic E-state index is 0.0985. The molecule has 0 aliphatic carbocycles. The number of hydrogen-bond donors (Lipinski definition) is 0. The number of benzene rings is 1. The van der Waals surface area contributed by atoms with Gasteiger partial charge in [-0.2, -0.15) is 0 Å². The maximum Gasteiger partial charge on any atom is 0.232 e. The van der Waals surface area contributed by atoms with Crippen molar-refractivity contribution in [1.29, 1.82) is 0 Å². The Morgan fingerprint density at radius 2 is 2.12 bits per heavy atom. The highest BCUT2D eigenvalue weighted by atomic mass is 127. The zero-order valence-electron chi connectivity index (χ0n) is 14.0. The van der Waals surface area contributed by atoms with Crippen LogP contribution in [0.15, 0.2) is 35.5 Å². The fourth-order valence-electron chi connectivity index (χ4n) is 3.63. The number of ether oxygens (including phenoxy) is 1. The third-order valence-corrected chi connectivity index (χ3v) is 6.14. The van der Waals surface area contributed by atoms with Gasteiger partial charge in [0.1, 0.15) is 12.4 Å². The van der Waals surface area contributed by atoms with Crippen LogP contribution in [0.4, 0.5) is 0 Å². The van der Waals surface area contributed by atoms with E-state index in [-0.39, 0.29) is 17.9 Å². The van der Waals surface area contributed by atoms with E-state index in [1.807, 2.05) is 36.1 Å². The predicted octanol–water partition coefficient (Wildman–Crippen LogP) is 3.69. The Bertz CT molecular complexity index is 762. The molecule has 0 bridgehead atoms. The summed E-state index contributed by atoms with van der Waals surface area (Å²) in [4.78, 5) is 14.3. The topological polar surface area (TPSA) is 29.5 Å². The summed E-state index contributed by atoms with van der Waals surface area (Å²) in [6.07, 6.45) is 0. The summed E-state index contributed by atoms with van der Waals surface area (Å²) in [5.41, 5.74) is 2.39. The van der Waals surface area contributed by atoms with Crippen LogP contribution in [0, 0.1) is 27.2 Å². The molecule has 5 heteroatoms. The number of para-hydroxylation sites is 1. The molecule has 1 saturated heterocycles. The summed E-state index contributed by atoms with van der Waals surface area (Å²) in [6, 6.07) is 8.17. The first kappa shape index (κ1) is 17.8. The molecule has 126 valence electrons. The van der Waals surface area contributed by atoms with Gasteiger partial charge in [0.05, 0.1) is 15.5 Å². The van der Waals surface area contributed by atoms with Crippen molar-refractivity contribution in [3.8, 4) is 17.6 Å². The van der Waals surface area contributed by atoms with E-state index in [1.54, 1.807) is 0 Å². The number of nitrogens with zero attached hydrogens (tertiary/aromatic N) is 1. The zero-order chi connectivity index (χ0) is 17.4. The van der Waals surface area contributed by atoms with Crippen LogP contribution in [0.3, 0.4) is 0 Å². The van der Waals surface area contributed by atoms with Crippen LogP contribution in [0.2, 0.25) is 0 Å². The van der Waals surface area contributed by atoms with Crippen LogP contribution in [0.25, 0.3) is 0 Å². The summed E-state index contributed by atoms with van der Waals surface area (Å²) in [7, 11) is 2.77. The molecule has 1 aromatic carbocycles. The fraction of sp³-hybridized carbons (Fsp3) is 0.421. The minimum atomic E-state index is 0.0985. The average molecular weight is 453 g/mol. The molecule has 1 aromatic rings. The highest BCUT2D eigenvalue weighted by molar-refractivity contribution is 14.1. The monoisotopic (exact) mass is 453 g/mol. The highest BCUT2D eigenvalue weighted by Gasteiger charge is 2.56. The molecule has 1 unspecified atom stereocenters. The first-order chi connectivity index (χ1) is 11.4. The molecule has 2 heterocycles. The van der Waals surface area contributed by atoms with Crippen molar-refractivity contribution >= 4 is 37.7 Å². The van der Waals surface area contributed by atoms with E-state index in [9.17, 15) is 4.79 Å². The van der Waals surface area contributed by atoms with Crippen LogP contribution in [-0.2, 0) is 4.79 Å². The SMILES string of the molecule is CC1=C(C#CCOc2ccccc2I)[C@H](C)[C@@H]2[C@@H]([C@@H](C)P)C(=O)N12. The van der Waals surface area contributed by atoms with Crippen molar-refractivity contribution in [3.63, 3.8) is 0 Å². The summed E-state index contributed by atoms with van der Waals surface area (Å²) in [5.74, 6) is 7.85. The molecule has 0 aromatic heterocycles. The largest absolute Gasteiger partial charge is 0.480 e. The maximum absolute atomic E-state index is 12.3. The summed E-state index contributed by atoms with van der Waals surface area (Å²) >= 11 is 2.25. The Labute approximate surface area is 159 Å². The molecule has 0 radical (unpaired) electrons. The lowest BCUT2D eigenvalue weighted by molar-refractivity contribution is -0.152. The minimum Gasteiger partial charge on any atom is -0.480 e. The van der Waals surface area contributed by atoms with Gasteiger partial charge in [-0.1, -0.05) is 37.8 Å². The standard InChI is InChI=1S/C19H21INO2P/c1-11-14(7-6-10-23-16-9-5-4-8-15(16)20)12(2)21-18(11)17(13(3)24)19(21)22/h4-5,8-9,11,13,17-18H,10,24H2,1-3H3/t11-,13+,17+,18+/m0/s1. The Morgan fingerprint density at radius 1 is 1.42 bits per heavy atom. The van der Waals surface area contributed by atoms with Crippen LogP contribution in [0.1, 0.15) is 20.8 Å². The zero-order valence-corrected chi connectivity index (χ0v) is 17.4. The van der Waals surface area contributed by atoms with Crippen molar-refractivity contribution in [2.45, 2.75) is 32.5 Å². The van der Waals surface area contributed by atoms with Crippen LogP contribution in [0.5, 0.6) is 5.75 Å². The van der Waals surface area contributed by atoms with Crippen LogP contribution >= 0.6 is 31.8 Å². The first-order valence-corrected chi connectivity index (χ1v) is 9.83. The Kier molecular flexibility index (Phi) is 5.22. The van der Waals surface area contributed by atoms with Gasteiger partial charge in [-0.05, 0) is 47.3 Å². The van der Waals surface area contributed by atoms with Crippen molar-refractivity contribution in [1.82, 2.24) is 4.90 Å². The van der Waals surface area contributed by atoms with Crippen molar-refractivity contribution in [2.24, 2.45) is 11.8 Å². The van der Waals surface area contributed by atoms with Gasteiger partial charge < -0.3 is 9.64 Å². The molecule has 1 amide bonds. The van der Waals surface area contributed by atoms with Crippen molar-refractivity contribution in [3.05, 3.63) is 39.1 Å². The summed E-state index contributed by atoms with van der Waals surface area (Å²) < 4.78 is 6.81. The van der Waals surface area contributed by atoms with Crippen molar-refractivity contribution in [2.75, 3.05) is 6.61 Å². The Hall–Kier alpha value is -1.05. The first-order valence-electron chi connectivity index (χ1n) is 8.09. The second kappa shape index (κ2) is 7.06. The summed E-state index contributed by atoms with van der Waals surface area (Å²) in [6.45, 7) is 6.62. The van der Waals surface area contributed by atoms with Gasteiger partial charge in [0.2, 0.25) is 5.91 Å². The van der Waals surface area contributed by atoms with E-state index >= 15 is 0 Å². The summed E-state index contributed by atoms with van der Waals surface area (Å²) in [5, 5.41) is 0. The van der Waals surface area contributed by atoms with E-state index in [2.05, 4.69) is 57.5 Å². The van der Waals surface area contributed by atoms with E-state index < -0.39 is 0 Å². The second-order valence-corrected chi connectivity index (χ2v) is 8.61. The average Bonchev–Trinajstić information content (AvgIpc) is 2.72. The number of rotatable bonds is 3. The second-order valence-electron chi connectivity index (χ2n) is 6.39. The maximum atomic E-state index is 12.3. The van der Waals surface area contributed by atoms with Gasteiger partial charge in [-0.3, -0.25) is 4.79 Å². The predicted molar refractivity (Wildman–Crippen MR) is 108 cm³/mol. The van der Waals surface area contributed by atoms with Gasteiger partial charge in [0.25, 0.3) is 0 Å². The molecule has 2 aliphatic heterocycles. The molecule has 5 atom stereocenters. The molecule has 0 N–H and O–H groups in total. The number of halogens is 1. The van der Waals surface area contributed by atoms with E-state index in [1.165, 1.54) is 0 Å². The molecule has 3 rings (SSSR count). The third-order valence-electron chi connectivity index (χ3n) is 4.83. The lowest BCUT2D eigenvalue weighted by atomic mass is 9.79. The quantitative estimate of drug-likeness (QED) is 0.303. The Balaban J connectivity index is 1.69. The number of amides is 1. The fourth-order valence-corrected chi connectivity index (χ4v) is 4.57. The van der Waals surface area contributed by atoms with Crippen LogP contribution < -0.4 is 4.74 Å². The van der Waals surface area contributed by atoms with Crippen molar-refractivity contribution < 1.29 is 9.53 Å². The molecular weight excluding hydrogens is 432 g/mol. The van der Waals surface area contributed by atoms with E-state index in [0.717, 1.165) is 20.6 Å². The van der Waals surface area contributed by atoms with Gasteiger partial charge in [-0.15, -0.1) is 9.24 Å². The lowest BCUT2D eigenvalue weighted by Crippen LogP contribution is -2.61. The van der Waals surface area contributed by atoms with Crippen LogP contribution in [-0.4, -0.2) is 29.1 Å². The lowest BCUT2D eigenvalue weighted by Gasteiger charge is -2.47. The molecule has 3 nitrogen and oxygen atoms in total. The van der Waals surface area contributed by atoms with Gasteiger partial charge >= 0.3 is 0 Å². The van der Waals surface area contributed by atoms with Gasteiger partial charge in [-0.25, -0.2) is 0 Å². The van der Waals surface area contributed by atoms with Gasteiger partial charge in [0.15, 0.2) is 0 Å². The molecule has 1 fully saturated rings. The van der Waals surface area contributed by atoms with E-state index in [4.69, 9.17) is 4.74 Å². The smallest absolute Gasteiger partial charge is 0.232 e. The molecule has 24 heavy (non-hydrogen) atoms. The normalized spacial score (nSPS) is 26.5.